The van der Waals surface area contributed by atoms with Gasteiger partial charge in [-0.3, -0.25) is 19.1 Å². The average molecular weight is 435 g/mol. The van der Waals surface area contributed by atoms with Crippen molar-refractivity contribution in [1.29, 1.82) is 5.26 Å². The Kier molecular flexibility index (Phi) is 5.95. The van der Waals surface area contributed by atoms with Crippen molar-refractivity contribution in [2.45, 2.75) is 44.1 Å². The van der Waals surface area contributed by atoms with Gasteiger partial charge in [-0.05, 0) is 31.2 Å². The molecule has 2 aliphatic rings. The lowest BCUT2D eigenvalue weighted by molar-refractivity contribution is -0.132. The van der Waals surface area contributed by atoms with Crippen LogP contribution in [0.15, 0.2) is 36.5 Å². The molecule has 1 saturated heterocycles. The summed E-state index contributed by atoms with van der Waals surface area (Å²) in [4.78, 5) is 38.7. The van der Waals surface area contributed by atoms with E-state index in [0.29, 0.717) is 32.4 Å². The lowest BCUT2D eigenvalue weighted by atomic mass is 9.84. The first-order valence-corrected chi connectivity index (χ1v) is 10.8. The van der Waals surface area contributed by atoms with Crippen molar-refractivity contribution in [3.8, 4) is 6.07 Å². The molecule has 1 saturated carbocycles. The topological polar surface area (TPSA) is 134 Å². The minimum absolute atomic E-state index is 0.0393. The molecular weight excluding hydrogens is 408 g/mol. The van der Waals surface area contributed by atoms with E-state index < -0.39 is 11.4 Å². The first kappa shape index (κ1) is 21.6. The van der Waals surface area contributed by atoms with Crippen molar-refractivity contribution in [1.82, 2.24) is 14.7 Å². The Morgan fingerprint density at radius 3 is 2.47 bits per heavy atom. The highest BCUT2D eigenvalue weighted by Gasteiger charge is 2.40. The normalized spacial score (nSPS) is 17.4. The molecule has 2 fully saturated rings. The van der Waals surface area contributed by atoms with Gasteiger partial charge in [-0.1, -0.05) is 30.3 Å². The fourth-order valence-electron chi connectivity index (χ4n) is 4.14. The first-order chi connectivity index (χ1) is 15.4. The van der Waals surface area contributed by atoms with E-state index in [-0.39, 0.29) is 35.5 Å². The molecule has 32 heavy (non-hydrogen) atoms. The predicted octanol–water partition coefficient (Wildman–Crippen LogP) is 1.80. The first-order valence-electron chi connectivity index (χ1n) is 10.8. The van der Waals surface area contributed by atoms with Gasteiger partial charge in [0.05, 0.1) is 24.4 Å². The molecule has 0 radical (unpaired) electrons. The van der Waals surface area contributed by atoms with Crippen LogP contribution in [0.25, 0.3) is 0 Å². The third-order valence-corrected chi connectivity index (χ3v) is 6.31. The van der Waals surface area contributed by atoms with Crippen LogP contribution in [-0.4, -0.2) is 45.5 Å². The van der Waals surface area contributed by atoms with Crippen LogP contribution in [0.2, 0.25) is 0 Å². The molecule has 9 nitrogen and oxygen atoms in total. The molecule has 1 aliphatic carbocycles. The van der Waals surface area contributed by atoms with E-state index in [1.807, 2.05) is 30.3 Å². The maximum absolute atomic E-state index is 12.7. The highest BCUT2D eigenvalue weighted by molar-refractivity contribution is 6.02. The van der Waals surface area contributed by atoms with Crippen LogP contribution in [0.5, 0.6) is 0 Å². The van der Waals surface area contributed by atoms with E-state index in [2.05, 4.69) is 16.5 Å². The van der Waals surface area contributed by atoms with Crippen LogP contribution >= 0.6 is 0 Å². The number of hydrogen-bond donors (Lipinski definition) is 2. The van der Waals surface area contributed by atoms with Crippen molar-refractivity contribution in [2.75, 3.05) is 18.4 Å². The number of carbonyl (C=O) groups excluding carboxylic acids is 3. The van der Waals surface area contributed by atoms with Crippen LogP contribution in [0, 0.1) is 17.2 Å². The smallest absolute Gasteiger partial charge is 0.254 e. The number of piperidine rings is 1. The number of nitrogens with two attached hydrogens (primary N) is 1. The molecule has 1 aromatic heterocycles. The predicted molar refractivity (Wildman–Crippen MR) is 116 cm³/mol. The summed E-state index contributed by atoms with van der Waals surface area (Å²) >= 11 is 0. The van der Waals surface area contributed by atoms with E-state index in [0.717, 1.165) is 18.4 Å². The SMILES string of the molecule is N#CCC1(n2cc(C(N)=O)c(NC(=O)C3CC3)n2)CCN(C(=O)Cc2ccccc2)CC1. The van der Waals surface area contributed by atoms with Gasteiger partial charge < -0.3 is 16.0 Å². The summed E-state index contributed by atoms with van der Waals surface area (Å²) in [5.74, 6) is -0.738. The van der Waals surface area contributed by atoms with E-state index in [1.54, 1.807) is 9.58 Å². The molecule has 9 heteroatoms. The van der Waals surface area contributed by atoms with Crippen LogP contribution in [-0.2, 0) is 21.5 Å². The third-order valence-electron chi connectivity index (χ3n) is 6.31. The molecule has 0 spiro atoms. The molecular formula is C23H26N6O3. The van der Waals surface area contributed by atoms with Crippen molar-refractivity contribution < 1.29 is 14.4 Å². The number of hydrogen-bond acceptors (Lipinski definition) is 5. The zero-order valence-electron chi connectivity index (χ0n) is 17.8. The van der Waals surface area contributed by atoms with Gasteiger partial charge in [-0.15, -0.1) is 0 Å². The fourth-order valence-corrected chi connectivity index (χ4v) is 4.14. The van der Waals surface area contributed by atoms with Gasteiger partial charge in [0.15, 0.2) is 5.82 Å². The standard InChI is InChI=1S/C23H26N6O3/c24-11-8-23(9-12-28(13-10-23)19(30)14-16-4-2-1-3-5-16)29-15-18(20(25)31)21(27-29)26-22(32)17-6-7-17/h1-5,15,17H,6-10,12-14H2,(H2,25,31)(H,26,27,32). The molecule has 2 heterocycles. The number of aromatic nitrogens is 2. The Morgan fingerprint density at radius 2 is 1.88 bits per heavy atom. The summed E-state index contributed by atoms with van der Waals surface area (Å²) < 4.78 is 1.60. The van der Waals surface area contributed by atoms with Crippen LogP contribution < -0.4 is 11.1 Å². The highest BCUT2D eigenvalue weighted by Crippen LogP contribution is 2.35. The largest absolute Gasteiger partial charge is 0.365 e. The van der Waals surface area contributed by atoms with Gasteiger partial charge in [-0.2, -0.15) is 10.4 Å². The van der Waals surface area contributed by atoms with Gasteiger partial charge >= 0.3 is 0 Å². The Labute approximate surface area is 186 Å². The maximum atomic E-state index is 12.7. The van der Waals surface area contributed by atoms with Crippen molar-refractivity contribution >= 4 is 23.5 Å². The van der Waals surface area contributed by atoms with Gasteiger partial charge in [-0.25, -0.2) is 0 Å². The number of likely N-dealkylation sites (tertiary alicyclic amines) is 1. The minimum Gasteiger partial charge on any atom is -0.365 e. The van der Waals surface area contributed by atoms with Gasteiger partial charge in [0.1, 0.15) is 5.56 Å². The van der Waals surface area contributed by atoms with Crippen molar-refractivity contribution in [3.63, 3.8) is 0 Å². The second-order valence-electron chi connectivity index (χ2n) is 8.57. The number of amides is 3. The molecule has 0 atom stereocenters. The minimum atomic E-state index is -0.690. The Bertz CT molecular complexity index is 1060. The quantitative estimate of drug-likeness (QED) is 0.685. The number of carbonyl (C=O) groups is 3. The summed E-state index contributed by atoms with van der Waals surface area (Å²) in [6, 6.07) is 11.8. The zero-order chi connectivity index (χ0) is 22.7. The van der Waals surface area contributed by atoms with Crippen LogP contribution in [0.3, 0.4) is 0 Å². The van der Waals surface area contributed by atoms with E-state index >= 15 is 0 Å². The summed E-state index contributed by atoms with van der Waals surface area (Å²) in [5.41, 5.74) is 5.92. The number of nitrogens with one attached hydrogen (secondary N) is 1. The van der Waals surface area contributed by atoms with Crippen LogP contribution in [0.4, 0.5) is 5.82 Å². The molecule has 4 rings (SSSR count). The second kappa shape index (κ2) is 8.83. The Morgan fingerprint density at radius 1 is 1.19 bits per heavy atom. The van der Waals surface area contributed by atoms with Gasteiger partial charge in [0.2, 0.25) is 11.8 Å². The van der Waals surface area contributed by atoms with E-state index in [1.165, 1.54) is 6.20 Å². The van der Waals surface area contributed by atoms with Crippen LogP contribution in [0.1, 0.15) is 48.0 Å². The lowest BCUT2D eigenvalue weighted by Gasteiger charge is -2.40. The number of primary amides is 1. The molecule has 1 aromatic carbocycles. The van der Waals surface area contributed by atoms with Crippen molar-refractivity contribution in [2.24, 2.45) is 11.7 Å². The lowest BCUT2D eigenvalue weighted by Crippen LogP contribution is -2.48. The number of rotatable bonds is 7. The molecule has 0 bridgehead atoms. The summed E-state index contributed by atoms with van der Waals surface area (Å²) in [6.45, 7) is 0.950. The number of nitrogens with zero attached hydrogens (tertiary/aromatic N) is 4. The molecule has 2 aromatic rings. The molecule has 0 unspecified atom stereocenters. The number of nitriles is 1. The van der Waals surface area contributed by atoms with Gasteiger partial charge in [0, 0.05) is 25.2 Å². The van der Waals surface area contributed by atoms with Gasteiger partial charge in [0.25, 0.3) is 5.91 Å². The average Bonchev–Trinajstić information content (AvgIpc) is 3.55. The number of benzene rings is 1. The fraction of sp³-hybridized carbons (Fsp3) is 0.435. The Hall–Kier alpha value is -3.67. The molecule has 166 valence electrons. The highest BCUT2D eigenvalue weighted by atomic mass is 16.2. The van der Waals surface area contributed by atoms with E-state index in [9.17, 15) is 19.6 Å². The third kappa shape index (κ3) is 4.49. The second-order valence-corrected chi connectivity index (χ2v) is 8.57. The molecule has 1 aliphatic heterocycles. The number of anilines is 1. The molecule has 3 amide bonds. The Balaban J connectivity index is 1.51. The zero-order valence-corrected chi connectivity index (χ0v) is 17.8. The molecule has 3 N–H and O–H groups in total. The summed E-state index contributed by atoms with van der Waals surface area (Å²) in [5, 5.41) is 16.7. The maximum Gasteiger partial charge on any atom is 0.254 e. The van der Waals surface area contributed by atoms with Crippen molar-refractivity contribution in [3.05, 3.63) is 47.7 Å². The summed E-state index contributed by atoms with van der Waals surface area (Å²) in [6.07, 6.45) is 4.69. The monoisotopic (exact) mass is 434 g/mol. The van der Waals surface area contributed by atoms with E-state index in [4.69, 9.17) is 5.73 Å². The summed E-state index contributed by atoms with van der Waals surface area (Å²) in [7, 11) is 0.